The average molecular weight is 215 g/mol. The molecule has 0 radical (unpaired) electrons. The molecule has 0 aliphatic rings. The Morgan fingerprint density at radius 3 is 2.88 bits per heavy atom. The van der Waals surface area contributed by atoms with Crippen LogP contribution < -0.4 is 5.73 Å². The molecule has 0 spiro atoms. The van der Waals surface area contributed by atoms with Crippen LogP contribution in [0.4, 0.5) is 5.69 Å². The van der Waals surface area contributed by atoms with Crippen LogP contribution in [0.5, 0.6) is 0 Å². The van der Waals surface area contributed by atoms with Crippen molar-refractivity contribution in [3.05, 3.63) is 48.0 Å². The summed E-state index contributed by atoms with van der Waals surface area (Å²) in [6.07, 6.45) is 4.75. The largest absolute Gasteiger partial charge is 0.399 e. The van der Waals surface area contributed by atoms with Crippen molar-refractivity contribution in [3.63, 3.8) is 0 Å². The normalized spacial score (nSPS) is 12.6. The summed E-state index contributed by atoms with van der Waals surface area (Å²) in [4.78, 5) is 4.34. The van der Waals surface area contributed by atoms with Crippen molar-refractivity contribution in [2.45, 2.75) is 19.3 Å². The Labute approximate surface area is 95.9 Å². The molecule has 0 aliphatic carbocycles. The maximum Gasteiger partial charge on any atom is 0.108 e. The van der Waals surface area contributed by atoms with Gasteiger partial charge in [0.05, 0.1) is 0 Å². The summed E-state index contributed by atoms with van der Waals surface area (Å²) in [5.74, 6) is 1.54. The van der Waals surface area contributed by atoms with Crippen LogP contribution in [0.1, 0.15) is 24.2 Å². The zero-order valence-electron chi connectivity index (χ0n) is 9.72. The molecule has 1 aromatic heterocycles. The van der Waals surface area contributed by atoms with Gasteiger partial charge in [-0.3, -0.25) is 0 Å². The van der Waals surface area contributed by atoms with Crippen molar-refractivity contribution in [1.29, 1.82) is 0 Å². The zero-order chi connectivity index (χ0) is 11.5. The van der Waals surface area contributed by atoms with Gasteiger partial charge in [-0.1, -0.05) is 19.1 Å². The summed E-state index contributed by atoms with van der Waals surface area (Å²) < 4.78 is 2.06. The van der Waals surface area contributed by atoms with Crippen molar-refractivity contribution < 1.29 is 0 Å². The van der Waals surface area contributed by atoms with Crippen LogP contribution in [0.2, 0.25) is 0 Å². The van der Waals surface area contributed by atoms with E-state index >= 15 is 0 Å². The van der Waals surface area contributed by atoms with E-state index in [9.17, 15) is 0 Å². The lowest BCUT2D eigenvalue weighted by atomic mass is 9.97. The Bertz CT molecular complexity index is 474. The molecule has 2 N–H and O–H groups in total. The van der Waals surface area contributed by atoms with E-state index in [1.165, 1.54) is 5.56 Å². The van der Waals surface area contributed by atoms with Gasteiger partial charge in [-0.2, -0.15) is 0 Å². The number of hydrogen-bond donors (Lipinski definition) is 1. The summed E-state index contributed by atoms with van der Waals surface area (Å²) in [5, 5.41) is 0. The molecule has 2 aromatic rings. The van der Waals surface area contributed by atoms with E-state index in [1.807, 2.05) is 37.6 Å². The second-order valence-electron chi connectivity index (χ2n) is 4.23. The molecule has 3 heteroatoms. The van der Waals surface area contributed by atoms with E-state index in [2.05, 4.69) is 22.5 Å². The van der Waals surface area contributed by atoms with Crippen LogP contribution >= 0.6 is 0 Å². The molecule has 1 heterocycles. The number of nitrogens with two attached hydrogens (primary N) is 1. The number of benzene rings is 1. The highest BCUT2D eigenvalue weighted by Crippen LogP contribution is 2.21. The monoisotopic (exact) mass is 215 g/mol. The molecule has 0 aliphatic heterocycles. The van der Waals surface area contributed by atoms with Gasteiger partial charge in [-0.15, -0.1) is 0 Å². The molecule has 0 saturated heterocycles. The molecule has 0 fully saturated rings. The molecule has 1 atom stereocenters. The molecule has 0 bridgehead atoms. The van der Waals surface area contributed by atoms with Crippen molar-refractivity contribution in [1.82, 2.24) is 9.55 Å². The van der Waals surface area contributed by atoms with Gasteiger partial charge in [-0.25, -0.2) is 4.98 Å². The van der Waals surface area contributed by atoms with E-state index < -0.39 is 0 Å². The first-order valence-corrected chi connectivity index (χ1v) is 5.48. The van der Waals surface area contributed by atoms with Crippen LogP contribution in [-0.2, 0) is 13.5 Å². The maximum absolute atomic E-state index is 5.78. The highest BCUT2D eigenvalue weighted by atomic mass is 15.0. The topological polar surface area (TPSA) is 43.8 Å². The van der Waals surface area contributed by atoms with E-state index in [1.54, 1.807) is 0 Å². The van der Waals surface area contributed by atoms with Gasteiger partial charge < -0.3 is 10.3 Å². The van der Waals surface area contributed by atoms with Crippen LogP contribution in [0.15, 0.2) is 36.7 Å². The van der Waals surface area contributed by atoms with Crippen molar-refractivity contribution in [2.24, 2.45) is 7.05 Å². The number of anilines is 1. The molecule has 84 valence electrons. The molecule has 1 unspecified atom stereocenters. The number of nitrogen functional groups attached to an aromatic ring is 1. The molecule has 1 aromatic carbocycles. The van der Waals surface area contributed by atoms with Crippen LogP contribution in [-0.4, -0.2) is 9.55 Å². The predicted molar refractivity (Wildman–Crippen MR) is 66.2 cm³/mol. The fourth-order valence-corrected chi connectivity index (χ4v) is 1.85. The summed E-state index contributed by atoms with van der Waals surface area (Å²) >= 11 is 0. The highest BCUT2D eigenvalue weighted by Gasteiger charge is 2.09. The summed E-state index contributed by atoms with van der Waals surface area (Å²) in [5.41, 5.74) is 7.87. The molecular formula is C13H17N3. The first kappa shape index (κ1) is 10.7. The number of aryl methyl sites for hydroxylation is 1. The molecular weight excluding hydrogens is 198 g/mol. The number of rotatable bonds is 3. The Hall–Kier alpha value is -1.77. The van der Waals surface area contributed by atoms with Gasteiger partial charge in [-0.05, 0) is 23.6 Å². The molecule has 0 saturated carbocycles. The predicted octanol–water partition coefficient (Wildman–Crippen LogP) is 2.35. The summed E-state index contributed by atoms with van der Waals surface area (Å²) in [6, 6.07) is 8.06. The molecule has 3 nitrogen and oxygen atoms in total. The smallest absolute Gasteiger partial charge is 0.108 e. The lowest BCUT2D eigenvalue weighted by molar-refractivity contribution is 0.683. The quantitative estimate of drug-likeness (QED) is 0.799. The third-order valence-corrected chi connectivity index (χ3v) is 2.89. The molecule has 16 heavy (non-hydrogen) atoms. The summed E-state index contributed by atoms with van der Waals surface area (Å²) in [7, 11) is 2.02. The maximum atomic E-state index is 5.78. The first-order chi connectivity index (χ1) is 7.66. The second-order valence-corrected chi connectivity index (χ2v) is 4.23. The van der Waals surface area contributed by atoms with Gasteiger partial charge in [0.15, 0.2) is 0 Å². The van der Waals surface area contributed by atoms with Crippen LogP contribution in [0, 0.1) is 0 Å². The average Bonchev–Trinajstić information content (AvgIpc) is 2.64. The minimum Gasteiger partial charge on any atom is -0.399 e. The fourth-order valence-electron chi connectivity index (χ4n) is 1.85. The number of aromatic nitrogens is 2. The lowest BCUT2D eigenvalue weighted by Crippen LogP contribution is -2.04. The van der Waals surface area contributed by atoms with E-state index in [4.69, 9.17) is 5.73 Å². The minimum atomic E-state index is 0.435. The van der Waals surface area contributed by atoms with E-state index in [0.29, 0.717) is 5.92 Å². The van der Waals surface area contributed by atoms with E-state index in [-0.39, 0.29) is 0 Å². The highest BCUT2D eigenvalue weighted by molar-refractivity contribution is 5.41. The Morgan fingerprint density at radius 2 is 2.25 bits per heavy atom. The van der Waals surface area contributed by atoms with Gasteiger partial charge in [0.25, 0.3) is 0 Å². The summed E-state index contributed by atoms with van der Waals surface area (Å²) in [6.45, 7) is 2.20. The molecule has 0 amide bonds. The van der Waals surface area contributed by atoms with Crippen LogP contribution in [0.3, 0.4) is 0 Å². The van der Waals surface area contributed by atoms with Crippen molar-refractivity contribution in [3.8, 4) is 0 Å². The first-order valence-electron chi connectivity index (χ1n) is 5.48. The SMILES string of the molecule is CC(Cc1nccn1C)c1cccc(N)c1. The van der Waals surface area contributed by atoms with Gasteiger partial charge in [0.1, 0.15) is 5.82 Å². The minimum absolute atomic E-state index is 0.435. The Balaban J connectivity index is 2.14. The second kappa shape index (κ2) is 4.39. The lowest BCUT2D eigenvalue weighted by Gasteiger charge is -2.12. The Kier molecular flexibility index (Phi) is 2.95. The number of hydrogen-bond acceptors (Lipinski definition) is 2. The third kappa shape index (κ3) is 2.24. The number of nitrogens with zero attached hydrogens (tertiary/aromatic N) is 2. The number of imidazole rings is 1. The van der Waals surface area contributed by atoms with Crippen molar-refractivity contribution >= 4 is 5.69 Å². The Morgan fingerprint density at radius 1 is 1.44 bits per heavy atom. The van der Waals surface area contributed by atoms with Crippen molar-refractivity contribution in [2.75, 3.05) is 5.73 Å². The van der Waals surface area contributed by atoms with E-state index in [0.717, 1.165) is 17.9 Å². The fraction of sp³-hybridized carbons (Fsp3) is 0.308. The third-order valence-electron chi connectivity index (χ3n) is 2.89. The molecule has 2 rings (SSSR count). The van der Waals surface area contributed by atoms with Gasteiger partial charge >= 0.3 is 0 Å². The van der Waals surface area contributed by atoms with Gasteiger partial charge in [0.2, 0.25) is 0 Å². The standard InChI is InChI=1S/C13H17N3/c1-10(8-13-15-6-7-16(13)2)11-4-3-5-12(14)9-11/h3-7,9-10H,8,14H2,1-2H3. The van der Waals surface area contributed by atoms with Crippen LogP contribution in [0.25, 0.3) is 0 Å². The van der Waals surface area contributed by atoms with Gasteiger partial charge in [0, 0.05) is 31.5 Å². The zero-order valence-corrected chi connectivity index (χ0v) is 9.72.